The van der Waals surface area contributed by atoms with Gasteiger partial charge in [0.05, 0.1) is 27.6 Å². The second kappa shape index (κ2) is 9.17. The second-order valence-corrected chi connectivity index (χ2v) is 11.3. The highest BCUT2D eigenvalue weighted by Crippen LogP contribution is 2.43. The predicted molar refractivity (Wildman–Crippen MR) is 181 cm³/mol. The van der Waals surface area contributed by atoms with E-state index in [-0.39, 0.29) is 0 Å². The van der Waals surface area contributed by atoms with Crippen LogP contribution in [-0.2, 0) is 0 Å². The van der Waals surface area contributed by atoms with E-state index < -0.39 is 0 Å². The summed E-state index contributed by atoms with van der Waals surface area (Å²) in [5, 5.41) is 6.16. The Labute approximate surface area is 248 Å². The van der Waals surface area contributed by atoms with Crippen LogP contribution in [0, 0.1) is 6.92 Å². The van der Waals surface area contributed by atoms with Gasteiger partial charge in [-0.05, 0) is 66.1 Å². The van der Waals surface area contributed by atoms with Crippen molar-refractivity contribution >= 4 is 54.5 Å². The Morgan fingerprint density at radius 3 is 1.86 bits per heavy atom. The lowest BCUT2D eigenvalue weighted by Crippen LogP contribution is -2.00. The fourth-order valence-electron chi connectivity index (χ4n) is 7.01. The van der Waals surface area contributed by atoms with E-state index in [1.165, 1.54) is 54.8 Å². The fraction of sp³-hybridized carbons (Fsp3) is 0.0250. The SMILES string of the molecule is Cc1cc2c3ccccc3n(-c3ccccc3)c2c2c3ccccc3n(-c3cc(-c4ccccc4)c4ccccc4n3)c12. The second-order valence-electron chi connectivity index (χ2n) is 11.3. The van der Waals surface area contributed by atoms with Crippen molar-refractivity contribution in [2.24, 2.45) is 0 Å². The third-order valence-corrected chi connectivity index (χ3v) is 8.79. The summed E-state index contributed by atoms with van der Waals surface area (Å²) in [4.78, 5) is 5.30. The van der Waals surface area contributed by atoms with Crippen molar-refractivity contribution in [1.29, 1.82) is 0 Å². The van der Waals surface area contributed by atoms with Crippen LogP contribution in [0.3, 0.4) is 0 Å². The number of hydrogen-bond donors (Lipinski definition) is 0. The molecule has 3 heterocycles. The lowest BCUT2D eigenvalue weighted by Gasteiger charge is -2.14. The first-order valence-electron chi connectivity index (χ1n) is 14.7. The van der Waals surface area contributed by atoms with E-state index >= 15 is 0 Å². The zero-order chi connectivity index (χ0) is 28.5. The summed E-state index contributed by atoms with van der Waals surface area (Å²) in [6, 6.07) is 52.0. The van der Waals surface area contributed by atoms with E-state index in [9.17, 15) is 0 Å². The summed E-state index contributed by atoms with van der Waals surface area (Å²) in [5.74, 6) is 0.925. The number of benzene rings is 6. The molecule has 0 saturated carbocycles. The van der Waals surface area contributed by atoms with Gasteiger partial charge in [0.2, 0.25) is 0 Å². The van der Waals surface area contributed by atoms with Gasteiger partial charge in [-0.15, -0.1) is 0 Å². The monoisotopic (exact) mass is 549 g/mol. The summed E-state index contributed by atoms with van der Waals surface area (Å²) >= 11 is 0. The third kappa shape index (κ3) is 3.45. The quantitative estimate of drug-likeness (QED) is 0.215. The van der Waals surface area contributed by atoms with Crippen LogP contribution in [0.2, 0.25) is 0 Å². The molecule has 3 aromatic heterocycles. The van der Waals surface area contributed by atoms with Crippen molar-refractivity contribution < 1.29 is 0 Å². The Hall–Kier alpha value is -5.67. The van der Waals surface area contributed by atoms with E-state index in [4.69, 9.17) is 4.98 Å². The highest BCUT2D eigenvalue weighted by molar-refractivity contribution is 6.27. The Kier molecular flexibility index (Phi) is 5.11. The first-order valence-corrected chi connectivity index (χ1v) is 14.7. The standard InChI is InChI=1S/C40H27N3/c1-26-24-33-30-19-9-12-22-35(30)42(28-16-6-3-7-17-28)40(33)38-31-20-10-13-23-36(31)43(39(26)38)37-25-32(27-14-4-2-5-15-27)29-18-8-11-21-34(29)41-37/h2-25H,1H3. The van der Waals surface area contributed by atoms with E-state index in [1.807, 2.05) is 0 Å². The molecule has 0 fully saturated rings. The Bertz CT molecular complexity index is 2500. The number of fused-ring (bicyclic) bond motifs is 8. The minimum absolute atomic E-state index is 0.925. The van der Waals surface area contributed by atoms with Gasteiger partial charge in [0, 0.05) is 32.6 Å². The van der Waals surface area contributed by atoms with E-state index in [0.29, 0.717) is 0 Å². The Morgan fingerprint density at radius 2 is 1.09 bits per heavy atom. The third-order valence-electron chi connectivity index (χ3n) is 8.79. The Morgan fingerprint density at radius 1 is 0.488 bits per heavy atom. The molecular weight excluding hydrogens is 522 g/mol. The molecule has 0 aliphatic rings. The molecule has 0 amide bonds. The summed E-state index contributed by atoms with van der Waals surface area (Å²) in [6.07, 6.45) is 0. The van der Waals surface area contributed by atoms with Gasteiger partial charge in [-0.2, -0.15) is 0 Å². The van der Waals surface area contributed by atoms with Crippen LogP contribution in [0.4, 0.5) is 0 Å². The molecule has 3 heteroatoms. The van der Waals surface area contributed by atoms with Crippen molar-refractivity contribution in [3.63, 3.8) is 0 Å². The van der Waals surface area contributed by atoms with Gasteiger partial charge < -0.3 is 4.57 Å². The van der Waals surface area contributed by atoms with Crippen LogP contribution in [0.15, 0.2) is 146 Å². The molecule has 0 aliphatic heterocycles. The van der Waals surface area contributed by atoms with Crippen molar-refractivity contribution in [2.75, 3.05) is 0 Å². The van der Waals surface area contributed by atoms with Crippen molar-refractivity contribution in [1.82, 2.24) is 14.1 Å². The van der Waals surface area contributed by atoms with Crippen molar-refractivity contribution in [3.8, 4) is 22.6 Å². The van der Waals surface area contributed by atoms with E-state index in [0.717, 1.165) is 27.9 Å². The topological polar surface area (TPSA) is 22.8 Å². The molecule has 6 aromatic carbocycles. The maximum Gasteiger partial charge on any atom is 0.138 e. The number of rotatable bonds is 3. The van der Waals surface area contributed by atoms with Crippen LogP contribution in [0.25, 0.3) is 77.1 Å². The van der Waals surface area contributed by atoms with Gasteiger partial charge in [-0.25, -0.2) is 4.98 Å². The molecule has 202 valence electrons. The molecule has 0 radical (unpaired) electrons. The van der Waals surface area contributed by atoms with E-state index in [2.05, 4.69) is 162 Å². The zero-order valence-electron chi connectivity index (χ0n) is 23.7. The summed E-state index contributed by atoms with van der Waals surface area (Å²) in [6.45, 7) is 2.24. The maximum absolute atomic E-state index is 5.30. The normalized spacial score (nSPS) is 11.8. The largest absolute Gasteiger partial charge is 0.309 e. The number of pyridine rings is 1. The molecule has 0 N–H and O–H groups in total. The minimum atomic E-state index is 0.925. The molecule has 0 saturated heterocycles. The Balaban J connectivity index is 1.49. The average Bonchev–Trinajstić information content (AvgIpc) is 3.59. The number of hydrogen-bond acceptors (Lipinski definition) is 1. The lowest BCUT2D eigenvalue weighted by molar-refractivity contribution is 1.10. The van der Waals surface area contributed by atoms with Gasteiger partial charge in [0.25, 0.3) is 0 Å². The van der Waals surface area contributed by atoms with Crippen molar-refractivity contribution in [3.05, 3.63) is 151 Å². The van der Waals surface area contributed by atoms with Gasteiger partial charge in [0.15, 0.2) is 0 Å². The summed E-state index contributed by atoms with van der Waals surface area (Å²) < 4.78 is 4.82. The van der Waals surface area contributed by atoms with Crippen LogP contribution in [0.5, 0.6) is 0 Å². The minimum Gasteiger partial charge on any atom is -0.309 e. The molecule has 9 rings (SSSR count). The first kappa shape index (κ1) is 24.0. The molecule has 43 heavy (non-hydrogen) atoms. The molecule has 0 aliphatic carbocycles. The van der Waals surface area contributed by atoms with Gasteiger partial charge in [-0.1, -0.05) is 103 Å². The highest BCUT2D eigenvalue weighted by Gasteiger charge is 2.23. The van der Waals surface area contributed by atoms with Crippen LogP contribution >= 0.6 is 0 Å². The van der Waals surface area contributed by atoms with Gasteiger partial charge >= 0.3 is 0 Å². The predicted octanol–water partition coefficient (Wildman–Crippen LogP) is 10.4. The van der Waals surface area contributed by atoms with Crippen LogP contribution < -0.4 is 0 Å². The average molecular weight is 550 g/mol. The number of aryl methyl sites for hydroxylation is 1. The fourth-order valence-corrected chi connectivity index (χ4v) is 7.01. The van der Waals surface area contributed by atoms with Crippen molar-refractivity contribution in [2.45, 2.75) is 6.92 Å². The first-order chi connectivity index (χ1) is 21.3. The van der Waals surface area contributed by atoms with Gasteiger partial charge in [0.1, 0.15) is 5.82 Å². The highest BCUT2D eigenvalue weighted by atomic mass is 15.1. The lowest BCUT2D eigenvalue weighted by atomic mass is 10.0. The van der Waals surface area contributed by atoms with Crippen LogP contribution in [-0.4, -0.2) is 14.1 Å². The molecule has 3 nitrogen and oxygen atoms in total. The number of nitrogens with zero attached hydrogens (tertiary/aromatic N) is 3. The smallest absolute Gasteiger partial charge is 0.138 e. The summed E-state index contributed by atoms with van der Waals surface area (Å²) in [7, 11) is 0. The van der Waals surface area contributed by atoms with Crippen LogP contribution in [0.1, 0.15) is 5.56 Å². The maximum atomic E-state index is 5.30. The molecular formula is C40H27N3. The molecule has 0 atom stereocenters. The van der Waals surface area contributed by atoms with E-state index in [1.54, 1.807) is 0 Å². The molecule has 0 bridgehead atoms. The molecule has 0 spiro atoms. The molecule has 9 aromatic rings. The summed E-state index contributed by atoms with van der Waals surface area (Å²) in [5.41, 5.74) is 10.5. The number of para-hydroxylation sites is 4. The zero-order valence-corrected chi connectivity index (χ0v) is 23.7. The number of aromatic nitrogens is 3. The molecule has 0 unspecified atom stereocenters. The van der Waals surface area contributed by atoms with Gasteiger partial charge in [-0.3, -0.25) is 4.57 Å².